The summed E-state index contributed by atoms with van der Waals surface area (Å²) in [6.07, 6.45) is 1.15. The SMILES string of the molecule is CC(c1ccc(F)cc1F)N1CCN(C(=O)[C@@H]2CC[C@H](CN)O2)CC1.Cl.Cl. The van der Waals surface area contributed by atoms with Crippen LogP contribution in [0.15, 0.2) is 18.2 Å². The average Bonchev–Trinajstić information content (AvgIpc) is 3.10. The zero-order chi connectivity index (χ0) is 18.0. The molecule has 3 rings (SSSR count). The number of rotatable bonds is 4. The zero-order valence-electron chi connectivity index (χ0n) is 15.3. The van der Waals surface area contributed by atoms with E-state index in [1.165, 1.54) is 12.1 Å². The van der Waals surface area contributed by atoms with Crippen LogP contribution in [-0.2, 0) is 9.53 Å². The highest BCUT2D eigenvalue weighted by Gasteiger charge is 2.34. The van der Waals surface area contributed by atoms with Crippen molar-refractivity contribution in [1.82, 2.24) is 9.80 Å². The monoisotopic (exact) mass is 425 g/mol. The highest BCUT2D eigenvalue weighted by atomic mass is 35.5. The molecule has 0 spiro atoms. The van der Waals surface area contributed by atoms with Crippen molar-refractivity contribution in [1.29, 1.82) is 0 Å². The van der Waals surface area contributed by atoms with E-state index in [0.29, 0.717) is 38.3 Å². The van der Waals surface area contributed by atoms with E-state index in [4.69, 9.17) is 10.5 Å². The molecule has 0 radical (unpaired) electrons. The van der Waals surface area contributed by atoms with Crippen molar-refractivity contribution in [3.8, 4) is 0 Å². The summed E-state index contributed by atoms with van der Waals surface area (Å²) in [5.74, 6) is -1.08. The lowest BCUT2D eigenvalue weighted by Crippen LogP contribution is -2.52. The summed E-state index contributed by atoms with van der Waals surface area (Å²) >= 11 is 0. The molecular weight excluding hydrogens is 399 g/mol. The van der Waals surface area contributed by atoms with E-state index < -0.39 is 11.6 Å². The van der Waals surface area contributed by atoms with Crippen LogP contribution in [0.3, 0.4) is 0 Å². The second-order valence-electron chi connectivity index (χ2n) is 6.76. The van der Waals surface area contributed by atoms with Gasteiger partial charge in [0.2, 0.25) is 0 Å². The maximum absolute atomic E-state index is 14.0. The lowest BCUT2D eigenvalue weighted by molar-refractivity contribution is -0.144. The molecule has 0 bridgehead atoms. The number of amides is 1. The van der Waals surface area contributed by atoms with Crippen LogP contribution >= 0.6 is 24.8 Å². The minimum absolute atomic E-state index is 0. The Kier molecular flexibility index (Phi) is 9.38. The third-order valence-corrected chi connectivity index (χ3v) is 5.23. The lowest BCUT2D eigenvalue weighted by atomic mass is 10.0. The normalized spacial score (nSPS) is 24.1. The summed E-state index contributed by atoms with van der Waals surface area (Å²) in [5, 5.41) is 0. The topological polar surface area (TPSA) is 58.8 Å². The van der Waals surface area contributed by atoms with Crippen molar-refractivity contribution in [3.63, 3.8) is 0 Å². The Balaban J connectivity index is 0.00000182. The molecule has 2 heterocycles. The number of ether oxygens (including phenoxy) is 1. The Morgan fingerprint density at radius 3 is 2.44 bits per heavy atom. The van der Waals surface area contributed by atoms with Crippen molar-refractivity contribution in [2.45, 2.75) is 38.0 Å². The molecular formula is C18H27Cl2F2N3O2. The highest BCUT2D eigenvalue weighted by molar-refractivity contribution is 5.85. The molecule has 0 aromatic heterocycles. The van der Waals surface area contributed by atoms with E-state index in [-0.39, 0.29) is 49.0 Å². The first-order valence-electron chi connectivity index (χ1n) is 8.83. The first-order valence-corrected chi connectivity index (χ1v) is 8.83. The molecule has 154 valence electrons. The second kappa shape index (κ2) is 10.5. The molecule has 2 aliphatic heterocycles. The molecule has 27 heavy (non-hydrogen) atoms. The zero-order valence-corrected chi connectivity index (χ0v) is 16.9. The quantitative estimate of drug-likeness (QED) is 0.804. The van der Waals surface area contributed by atoms with Crippen LogP contribution in [-0.4, -0.2) is 60.6 Å². The van der Waals surface area contributed by atoms with Crippen LogP contribution in [0.1, 0.15) is 31.4 Å². The Bertz CT molecular complexity index is 631. The molecule has 1 aromatic carbocycles. The Hall–Kier alpha value is -0.990. The maximum Gasteiger partial charge on any atom is 0.251 e. The summed E-state index contributed by atoms with van der Waals surface area (Å²) in [6, 6.07) is 3.52. The van der Waals surface area contributed by atoms with Gasteiger partial charge < -0.3 is 15.4 Å². The fourth-order valence-electron chi connectivity index (χ4n) is 3.63. The van der Waals surface area contributed by atoms with Crippen LogP contribution in [0.2, 0.25) is 0 Å². The molecule has 0 saturated carbocycles. The van der Waals surface area contributed by atoms with Gasteiger partial charge in [0, 0.05) is 50.4 Å². The van der Waals surface area contributed by atoms with E-state index in [1.54, 1.807) is 0 Å². The van der Waals surface area contributed by atoms with E-state index in [2.05, 4.69) is 4.90 Å². The summed E-state index contributed by atoms with van der Waals surface area (Å²) in [7, 11) is 0. The van der Waals surface area contributed by atoms with Crippen LogP contribution in [0.4, 0.5) is 8.78 Å². The molecule has 5 nitrogen and oxygen atoms in total. The van der Waals surface area contributed by atoms with Crippen molar-refractivity contribution in [2.24, 2.45) is 5.73 Å². The van der Waals surface area contributed by atoms with E-state index in [9.17, 15) is 13.6 Å². The number of benzene rings is 1. The minimum Gasteiger partial charge on any atom is -0.364 e. The standard InChI is InChI=1S/C18H25F2N3O2.2ClH/c1-12(15-4-2-13(19)10-16(15)20)22-6-8-23(9-7-22)18(24)17-5-3-14(11-21)25-17;;/h2,4,10,12,14,17H,3,5-9,11,21H2,1H3;2*1H/t12?,14-,17+;;/m1../s1. The number of halogens is 4. The third kappa shape index (κ3) is 5.51. The number of carbonyl (C=O) groups excluding carboxylic acids is 1. The van der Waals surface area contributed by atoms with Gasteiger partial charge in [-0.3, -0.25) is 9.69 Å². The first kappa shape index (κ1) is 24.0. The third-order valence-electron chi connectivity index (χ3n) is 5.23. The van der Waals surface area contributed by atoms with Gasteiger partial charge in [-0.25, -0.2) is 8.78 Å². The maximum atomic E-state index is 14.0. The van der Waals surface area contributed by atoms with Crippen LogP contribution in [0.25, 0.3) is 0 Å². The number of piperazine rings is 1. The summed E-state index contributed by atoms with van der Waals surface area (Å²) in [5.41, 5.74) is 6.07. The number of hydrogen-bond acceptors (Lipinski definition) is 4. The second-order valence-corrected chi connectivity index (χ2v) is 6.76. The van der Waals surface area contributed by atoms with Crippen LogP contribution in [0, 0.1) is 11.6 Å². The fraction of sp³-hybridized carbons (Fsp3) is 0.611. The van der Waals surface area contributed by atoms with Gasteiger partial charge in [-0.15, -0.1) is 24.8 Å². The minimum atomic E-state index is -0.573. The smallest absolute Gasteiger partial charge is 0.251 e. The van der Waals surface area contributed by atoms with E-state index in [1.807, 2.05) is 11.8 Å². The molecule has 2 aliphatic rings. The lowest BCUT2D eigenvalue weighted by Gasteiger charge is -2.39. The first-order chi connectivity index (χ1) is 12.0. The van der Waals surface area contributed by atoms with Gasteiger partial charge in [0.15, 0.2) is 0 Å². The average molecular weight is 426 g/mol. The summed E-state index contributed by atoms with van der Waals surface area (Å²) in [4.78, 5) is 16.5. The molecule has 0 aliphatic carbocycles. The van der Waals surface area contributed by atoms with Gasteiger partial charge >= 0.3 is 0 Å². The van der Waals surface area contributed by atoms with Gasteiger partial charge in [0.1, 0.15) is 17.7 Å². The van der Waals surface area contributed by atoms with Gasteiger partial charge in [-0.2, -0.15) is 0 Å². The number of carbonyl (C=O) groups is 1. The number of nitrogens with zero attached hydrogens (tertiary/aromatic N) is 2. The molecule has 1 amide bonds. The number of hydrogen-bond donors (Lipinski definition) is 1. The molecule has 2 N–H and O–H groups in total. The number of nitrogens with two attached hydrogens (primary N) is 1. The largest absolute Gasteiger partial charge is 0.364 e. The van der Waals surface area contributed by atoms with Gasteiger partial charge in [-0.1, -0.05) is 6.07 Å². The van der Waals surface area contributed by atoms with Crippen molar-refractivity contribution in [3.05, 3.63) is 35.4 Å². The van der Waals surface area contributed by atoms with Crippen LogP contribution in [0.5, 0.6) is 0 Å². The molecule has 2 saturated heterocycles. The molecule has 1 unspecified atom stereocenters. The molecule has 2 fully saturated rings. The van der Waals surface area contributed by atoms with Gasteiger partial charge in [0.25, 0.3) is 5.91 Å². The van der Waals surface area contributed by atoms with Crippen molar-refractivity contribution in [2.75, 3.05) is 32.7 Å². The predicted molar refractivity (Wildman–Crippen MR) is 104 cm³/mol. The van der Waals surface area contributed by atoms with E-state index >= 15 is 0 Å². The van der Waals surface area contributed by atoms with Gasteiger partial charge in [-0.05, 0) is 25.8 Å². The van der Waals surface area contributed by atoms with E-state index in [0.717, 1.165) is 18.9 Å². The Labute approximate surface area is 171 Å². The predicted octanol–water partition coefficient (Wildman–Crippen LogP) is 2.52. The van der Waals surface area contributed by atoms with Crippen molar-refractivity contribution >= 4 is 30.7 Å². The molecule has 3 atom stereocenters. The van der Waals surface area contributed by atoms with Crippen molar-refractivity contribution < 1.29 is 18.3 Å². The molecule has 9 heteroatoms. The molecule has 1 aromatic rings. The highest BCUT2D eigenvalue weighted by Crippen LogP contribution is 2.26. The van der Waals surface area contributed by atoms with Gasteiger partial charge in [0.05, 0.1) is 6.10 Å². The summed E-state index contributed by atoms with van der Waals surface area (Å²) in [6.45, 7) is 4.81. The fourth-order valence-corrected chi connectivity index (χ4v) is 3.63. The Morgan fingerprint density at radius 2 is 1.89 bits per heavy atom. The van der Waals surface area contributed by atoms with Crippen LogP contribution < -0.4 is 5.73 Å². The Morgan fingerprint density at radius 1 is 1.22 bits per heavy atom. The summed E-state index contributed by atoms with van der Waals surface area (Å²) < 4.78 is 32.7.